The van der Waals surface area contributed by atoms with Gasteiger partial charge in [0, 0.05) is 6.04 Å². The maximum Gasteiger partial charge on any atom is 0.238 e. The van der Waals surface area contributed by atoms with E-state index in [0.29, 0.717) is 5.69 Å². The van der Waals surface area contributed by atoms with Crippen molar-refractivity contribution in [3.8, 4) is 0 Å². The third kappa shape index (κ3) is 4.49. The molecule has 1 amide bonds. The number of likely N-dealkylation sites (N-methyl/N-ethyl adjacent to an activating group) is 1. The first kappa shape index (κ1) is 16.4. The molecule has 1 unspecified atom stereocenters. The Morgan fingerprint density at radius 2 is 2.05 bits per heavy atom. The highest BCUT2D eigenvalue weighted by Crippen LogP contribution is 2.23. The summed E-state index contributed by atoms with van der Waals surface area (Å²) in [6.07, 6.45) is 0. The number of nitrogen functional groups attached to an aromatic ring is 1. The van der Waals surface area contributed by atoms with Crippen molar-refractivity contribution in [1.29, 1.82) is 0 Å². The van der Waals surface area contributed by atoms with Gasteiger partial charge in [0.2, 0.25) is 5.91 Å². The van der Waals surface area contributed by atoms with Crippen LogP contribution in [0.4, 0.5) is 15.8 Å². The van der Waals surface area contributed by atoms with Gasteiger partial charge in [0.25, 0.3) is 0 Å². The van der Waals surface area contributed by atoms with Crippen LogP contribution in [0.15, 0.2) is 18.2 Å². The highest BCUT2D eigenvalue weighted by atomic mass is 19.1. The van der Waals surface area contributed by atoms with Crippen LogP contribution in [0.5, 0.6) is 0 Å². The van der Waals surface area contributed by atoms with Gasteiger partial charge in [-0.2, -0.15) is 0 Å². The van der Waals surface area contributed by atoms with Crippen molar-refractivity contribution in [3.05, 3.63) is 24.0 Å². The van der Waals surface area contributed by atoms with Crippen molar-refractivity contribution in [1.82, 2.24) is 4.90 Å². The van der Waals surface area contributed by atoms with E-state index in [9.17, 15) is 9.18 Å². The lowest BCUT2D eigenvalue weighted by atomic mass is 9.87. The van der Waals surface area contributed by atoms with Crippen LogP contribution in [0, 0.1) is 11.2 Å². The second-order valence-corrected chi connectivity index (χ2v) is 6.24. The van der Waals surface area contributed by atoms with Gasteiger partial charge in [-0.1, -0.05) is 20.8 Å². The molecule has 3 N–H and O–H groups in total. The molecule has 20 heavy (non-hydrogen) atoms. The van der Waals surface area contributed by atoms with Gasteiger partial charge in [-0.25, -0.2) is 4.39 Å². The van der Waals surface area contributed by atoms with Crippen molar-refractivity contribution < 1.29 is 9.18 Å². The van der Waals surface area contributed by atoms with Gasteiger partial charge in [-0.05, 0) is 37.6 Å². The van der Waals surface area contributed by atoms with Crippen LogP contribution in [-0.2, 0) is 4.79 Å². The molecule has 0 aromatic heterocycles. The molecular weight excluding hydrogens is 257 g/mol. The fraction of sp³-hybridized carbons (Fsp3) is 0.533. The smallest absolute Gasteiger partial charge is 0.238 e. The molecule has 112 valence electrons. The zero-order valence-electron chi connectivity index (χ0n) is 12.8. The number of nitrogens with two attached hydrogens (primary N) is 1. The topological polar surface area (TPSA) is 58.4 Å². The molecular formula is C15H24FN3O. The summed E-state index contributed by atoms with van der Waals surface area (Å²) < 4.78 is 12.9. The Labute approximate surface area is 120 Å². The highest BCUT2D eigenvalue weighted by Gasteiger charge is 2.25. The molecule has 0 spiro atoms. The Morgan fingerprint density at radius 1 is 1.45 bits per heavy atom. The molecule has 0 bridgehead atoms. The van der Waals surface area contributed by atoms with E-state index in [2.05, 4.69) is 33.0 Å². The van der Waals surface area contributed by atoms with Crippen molar-refractivity contribution in [2.75, 3.05) is 24.6 Å². The second kappa shape index (κ2) is 6.22. The third-order valence-electron chi connectivity index (χ3n) is 3.60. The van der Waals surface area contributed by atoms with E-state index < -0.39 is 5.82 Å². The number of nitrogens with one attached hydrogen (secondary N) is 1. The average molecular weight is 281 g/mol. The number of carbonyl (C=O) groups excluding carboxylic acids is 1. The molecule has 0 saturated carbocycles. The summed E-state index contributed by atoms with van der Waals surface area (Å²) in [5, 5.41) is 2.70. The number of benzene rings is 1. The first-order chi connectivity index (χ1) is 9.11. The van der Waals surface area contributed by atoms with Crippen LogP contribution in [0.25, 0.3) is 0 Å². The maximum atomic E-state index is 12.9. The Hall–Kier alpha value is -1.62. The monoisotopic (exact) mass is 281 g/mol. The van der Waals surface area contributed by atoms with Crippen LogP contribution < -0.4 is 11.1 Å². The molecule has 0 aliphatic heterocycles. The molecule has 4 nitrogen and oxygen atoms in total. The van der Waals surface area contributed by atoms with Gasteiger partial charge >= 0.3 is 0 Å². The van der Waals surface area contributed by atoms with E-state index >= 15 is 0 Å². The standard InChI is InChI=1S/C15H24FN3O/c1-10(15(2,3)4)19(5)9-14(20)18-13-7-6-11(16)8-12(13)17/h6-8,10H,9,17H2,1-5H3,(H,18,20). The minimum absolute atomic E-state index is 0.0872. The van der Waals surface area contributed by atoms with Crippen LogP contribution in [-0.4, -0.2) is 30.4 Å². The first-order valence-electron chi connectivity index (χ1n) is 6.66. The number of amides is 1. The number of nitrogens with zero attached hydrogens (tertiary/aromatic N) is 1. The minimum atomic E-state index is -0.418. The number of carbonyl (C=O) groups is 1. The van der Waals surface area contributed by atoms with E-state index in [1.54, 1.807) is 0 Å². The Bertz CT molecular complexity index is 482. The van der Waals surface area contributed by atoms with Crippen LogP contribution in [0.3, 0.4) is 0 Å². The number of hydrogen-bond donors (Lipinski definition) is 2. The second-order valence-electron chi connectivity index (χ2n) is 6.24. The van der Waals surface area contributed by atoms with Crippen molar-refractivity contribution in [3.63, 3.8) is 0 Å². The number of halogens is 1. The molecule has 0 aliphatic carbocycles. The molecule has 5 heteroatoms. The lowest BCUT2D eigenvalue weighted by Crippen LogP contribution is -2.43. The lowest BCUT2D eigenvalue weighted by Gasteiger charge is -2.34. The fourth-order valence-electron chi connectivity index (χ4n) is 1.86. The zero-order valence-corrected chi connectivity index (χ0v) is 12.8. The first-order valence-corrected chi connectivity index (χ1v) is 6.66. The van der Waals surface area contributed by atoms with Crippen LogP contribution >= 0.6 is 0 Å². The van der Waals surface area contributed by atoms with Crippen molar-refractivity contribution in [2.45, 2.75) is 33.7 Å². The number of anilines is 2. The molecule has 1 aromatic rings. The van der Waals surface area contributed by atoms with Crippen molar-refractivity contribution >= 4 is 17.3 Å². The largest absolute Gasteiger partial charge is 0.397 e. The summed E-state index contributed by atoms with van der Waals surface area (Å²) in [6.45, 7) is 8.73. The maximum absolute atomic E-state index is 12.9. The Morgan fingerprint density at radius 3 is 2.55 bits per heavy atom. The fourth-order valence-corrected chi connectivity index (χ4v) is 1.86. The van der Waals surface area contributed by atoms with E-state index in [-0.39, 0.29) is 29.6 Å². The van der Waals surface area contributed by atoms with Gasteiger partial charge in [0.1, 0.15) is 5.82 Å². The summed E-state index contributed by atoms with van der Waals surface area (Å²) in [7, 11) is 1.91. The molecule has 0 saturated heterocycles. The predicted molar refractivity (Wildman–Crippen MR) is 81.0 cm³/mol. The van der Waals surface area contributed by atoms with E-state index in [4.69, 9.17) is 5.73 Å². The van der Waals surface area contributed by atoms with Gasteiger partial charge < -0.3 is 11.1 Å². The van der Waals surface area contributed by atoms with Crippen LogP contribution in [0.2, 0.25) is 0 Å². The van der Waals surface area contributed by atoms with Crippen molar-refractivity contribution in [2.24, 2.45) is 5.41 Å². The third-order valence-corrected chi connectivity index (χ3v) is 3.60. The molecule has 0 aliphatic rings. The molecule has 1 rings (SSSR count). The molecule has 0 fully saturated rings. The predicted octanol–water partition coefficient (Wildman–Crippen LogP) is 2.71. The van der Waals surface area contributed by atoms with E-state index in [1.807, 2.05) is 11.9 Å². The quantitative estimate of drug-likeness (QED) is 0.834. The van der Waals surface area contributed by atoms with Gasteiger partial charge in [0.05, 0.1) is 17.9 Å². The summed E-state index contributed by atoms with van der Waals surface area (Å²) >= 11 is 0. The molecule has 0 heterocycles. The zero-order chi connectivity index (χ0) is 15.5. The normalized spacial score (nSPS) is 13.3. The van der Waals surface area contributed by atoms with E-state index in [1.165, 1.54) is 18.2 Å². The summed E-state index contributed by atoms with van der Waals surface area (Å²) in [5.41, 5.74) is 6.41. The number of hydrogen-bond acceptors (Lipinski definition) is 3. The van der Waals surface area contributed by atoms with Gasteiger partial charge in [-0.15, -0.1) is 0 Å². The Kier molecular flexibility index (Phi) is 5.11. The highest BCUT2D eigenvalue weighted by molar-refractivity contribution is 5.95. The van der Waals surface area contributed by atoms with Crippen LogP contribution in [0.1, 0.15) is 27.7 Å². The average Bonchev–Trinajstić information content (AvgIpc) is 2.30. The Balaban J connectivity index is 2.64. The summed E-state index contributed by atoms with van der Waals surface area (Å²) in [4.78, 5) is 14.0. The summed E-state index contributed by atoms with van der Waals surface area (Å²) in [6, 6.07) is 4.18. The molecule has 1 aromatic carbocycles. The van der Waals surface area contributed by atoms with E-state index in [0.717, 1.165) is 0 Å². The summed E-state index contributed by atoms with van der Waals surface area (Å²) in [5.74, 6) is -0.583. The lowest BCUT2D eigenvalue weighted by molar-refractivity contribution is -0.117. The SMILES string of the molecule is CC(N(C)CC(=O)Nc1ccc(F)cc1N)C(C)(C)C. The minimum Gasteiger partial charge on any atom is -0.397 e. The number of rotatable bonds is 4. The molecule has 0 radical (unpaired) electrons. The van der Waals surface area contributed by atoms with Gasteiger partial charge in [0.15, 0.2) is 0 Å². The van der Waals surface area contributed by atoms with Gasteiger partial charge in [-0.3, -0.25) is 9.69 Å². The molecule has 1 atom stereocenters.